The van der Waals surface area contributed by atoms with Gasteiger partial charge >= 0.3 is 12.1 Å². The normalized spacial score (nSPS) is 12.6. The average molecular weight is 535 g/mol. The van der Waals surface area contributed by atoms with Crippen LogP contribution in [-0.2, 0) is 28.7 Å². The number of carbonyl (C=O) groups excluding carboxylic acids is 5. The fourth-order valence-corrected chi connectivity index (χ4v) is 3.80. The Morgan fingerprint density at radius 1 is 1.08 bits per heavy atom. The van der Waals surface area contributed by atoms with E-state index in [-0.39, 0.29) is 26.1 Å². The number of nitrogens with zero attached hydrogens (tertiary/aromatic N) is 1. The van der Waals surface area contributed by atoms with Crippen LogP contribution in [0.15, 0.2) is 18.2 Å². The van der Waals surface area contributed by atoms with Crippen molar-refractivity contribution < 1.29 is 33.4 Å². The van der Waals surface area contributed by atoms with Crippen molar-refractivity contribution in [2.45, 2.75) is 85.4 Å². The van der Waals surface area contributed by atoms with Crippen molar-refractivity contribution in [3.63, 3.8) is 0 Å². The van der Waals surface area contributed by atoms with E-state index in [0.717, 1.165) is 11.1 Å². The fraction of sp³-hybridized carbons (Fsp3) is 0.593. The van der Waals surface area contributed by atoms with Gasteiger partial charge in [-0.1, -0.05) is 25.1 Å². The zero-order valence-electron chi connectivity index (χ0n) is 23.5. The van der Waals surface area contributed by atoms with E-state index >= 15 is 0 Å². The van der Waals surface area contributed by atoms with E-state index in [9.17, 15) is 24.0 Å². The molecule has 11 nitrogen and oxygen atoms in total. The van der Waals surface area contributed by atoms with Crippen LogP contribution in [0.3, 0.4) is 0 Å². The lowest BCUT2D eigenvalue weighted by Gasteiger charge is -2.35. The molecule has 0 aromatic heterocycles. The van der Waals surface area contributed by atoms with Crippen LogP contribution in [0.4, 0.5) is 4.79 Å². The lowest BCUT2D eigenvalue weighted by molar-refractivity contribution is -0.144. The Morgan fingerprint density at radius 2 is 1.74 bits per heavy atom. The highest BCUT2D eigenvalue weighted by molar-refractivity contribution is 5.94. The minimum Gasteiger partial charge on any atom is -0.466 e. The highest BCUT2D eigenvalue weighted by Gasteiger charge is 2.37. The van der Waals surface area contributed by atoms with Crippen LogP contribution < -0.4 is 16.4 Å². The third kappa shape index (κ3) is 10.4. The van der Waals surface area contributed by atoms with Crippen LogP contribution in [-0.4, -0.2) is 66.0 Å². The number of carbonyl (C=O) groups is 5. The Kier molecular flexibility index (Phi) is 12.7. The number of amides is 4. The highest BCUT2D eigenvalue weighted by atomic mass is 16.6. The molecule has 0 fully saturated rings. The molecule has 2 atom stereocenters. The van der Waals surface area contributed by atoms with Crippen LogP contribution in [0.25, 0.3) is 0 Å². The number of alkyl carbamates (subject to hydrolysis) is 1. The predicted octanol–water partition coefficient (Wildman–Crippen LogP) is 2.42. The topological polar surface area (TPSA) is 157 Å². The van der Waals surface area contributed by atoms with Crippen LogP contribution in [0.2, 0.25) is 0 Å². The first-order valence-electron chi connectivity index (χ1n) is 12.8. The lowest BCUT2D eigenvalue weighted by atomic mass is 9.94. The highest BCUT2D eigenvalue weighted by Crippen LogP contribution is 2.28. The molecule has 0 spiro atoms. The van der Waals surface area contributed by atoms with E-state index in [0.29, 0.717) is 12.0 Å². The predicted molar refractivity (Wildman–Crippen MR) is 142 cm³/mol. The summed E-state index contributed by atoms with van der Waals surface area (Å²) in [5.41, 5.74) is 6.85. The molecule has 4 N–H and O–H groups in total. The van der Waals surface area contributed by atoms with E-state index in [1.165, 1.54) is 4.90 Å². The van der Waals surface area contributed by atoms with Gasteiger partial charge in [-0.2, -0.15) is 0 Å². The number of benzene rings is 1. The molecule has 0 aliphatic rings. The van der Waals surface area contributed by atoms with Crippen molar-refractivity contribution in [1.29, 1.82) is 0 Å². The van der Waals surface area contributed by atoms with Crippen molar-refractivity contribution in [3.05, 3.63) is 34.9 Å². The van der Waals surface area contributed by atoms with Gasteiger partial charge in [0.1, 0.15) is 17.7 Å². The van der Waals surface area contributed by atoms with Gasteiger partial charge in [0.2, 0.25) is 17.7 Å². The molecule has 0 saturated carbocycles. The van der Waals surface area contributed by atoms with Crippen LogP contribution in [0, 0.1) is 13.8 Å². The molecule has 4 amide bonds. The van der Waals surface area contributed by atoms with Gasteiger partial charge < -0.3 is 30.7 Å². The number of hydrogen-bond acceptors (Lipinski definition) is 7. The maximum Gasteiger partial charge on any atom is 0.408 e. The second kappa shape index (κ2) is 14.9. The van der Waals surface area contributed by atoms with Gasteiger partial charge in [-0.15, -0.1) is 0 Å². The van der Waals surface area contributed by atoms with Crippen molar-refractivity contribution in [2.24, 2.45) is 5.73 Å². The summed E-state index contributed by atoms with van der Waals surface area (Å²) < 4.78 is 10.2. The van der Waals surface area contributed by atoms with Crippen molar-refractivity contribution in [2.75, 3.05) is 19.7 Å². The Morgan fingerprint density at radius 3 is 2.29 bits per heavy atom. The van der Waals surface area contributed by atoms with Gasteiger partial charge in [-0.05, 0) is 64.7 Å². The van der Waals surface area contributed by atoms with E-state index in [1.54, 1.807) is 39.8 Å². The van der Waals surface area contributed by atoms with Crippen LogP contribution in [0.5, 0.6) is 0 Å². The Labute approximate surface area is 224 Å². The van der Waals surface area contributed by atoms with Gasteiger partial charge in [0, 0.05) is 13.1 Å². The monoisotopic (exact) mass is 534 g/mol. The third-order valence-electron chi connectivity index (χ3n) is 5.58. The summed E-state index contributed by atoms with van der Waals surface area (Å²) >= 11 is 0. The van der Waals surface area contributed by atoms with Crippen LogP contribution in [0.1, 0.15) is 76.6 Å². The Balaban J connectivity index is 3.44. The molecular formula is C27H42N4O7. The first kappa shape index (κ1) is 32.4. The van der Waals surface area contributed by atoms with Gasteiger partial charge in [0.15, 0.2) is 0 Å². The first-order chi connectivity index (χ1) is 17.7. The number of rotatable bonds is 13. The molecule has 0 bridgehead atoms. The number of ether oxygens (including phenoxy) is 2. The zero-order valence-corrected chi connectivity index (χ0v) is 23.5. The van der Waals surface area contributed by atoms with Crippen molar-refractivity contribution in [1.82, 2.24) is 15.5 Å². The van der Waals surface area contributed by atoms with Gasteiger partial charge in [0.25, 0.3) is 0 Å². The first-order valence-corrected chi connectivity index (χ1v) is 12.8. The fourth-order valence-electron chi connectivity index (χ4n) is 3.80. The maximum absolute atomic E-state index is 13.8. The van der Waals surface area contributed by atoms with Crippen LogP contribution >= 0.6 is 0 Å². The lowest BCUT2D eigenvalue weighted by Crippen LogP contribution is -2.54. The SMILES string of the molecule is CCCN(C(=O)C(CC(N)=O)NC(=O)OC(C)(C)C)C(C(=O)NCCC(=O)OCC)c1cccc(C)c1C. The smallest absolute Gasteiger partial charge is 0.408 e. The molecule has 212 valence electrons. The summed E-state index contributed by atoms with van der Waals surface area (Å²) in [6.45, 7) is 12.6. The molecule has 0 aliphatic heterocycles. The second-order valence-corrected chi connectivity index (χ2v) is 9.94. The molecule has 38 heavy (non-hydrogen) atoms. The molecular weight excluding hydrogens is 492 g/mol. The summed E-state index contributed by atoms with van der Waals surface area (Å²) in [5.74, 6) is -2.44. The molecule has 0 radical (unpaired) electrons. The Bertz CT molecular complexity index is 1000. The largest absolute Gasteiger partial charge is 0.466 e. The molecule has 2 unspecified atom stereocenters. The van der Waals surface area contributed by atoms with Gasteiger partial charge in [0.05, 0.1) is 19.4 Å². The quantitative estimate of drug-likeness (QED) is 0.328. The maximum atomic E-state index is 13.8. The molecule has 0 saturated heterocycles. The summed E-state index contributed by atoms with van der Waals surface area (Å²) in [5, 5.41) is 5.17. The minimum absolute atomic E-state index is 0.00799. The Hall–Kier alpha value is -3.63. The summed E-state index contributed by atoms with van der Waals surface area (Å²) in [4.78, 5) is 64.8. The number of nitrogens with one attached hydrogen (secondary N) is 2. The average Bonchev–Trinajstić information content (AvgIpc) is 2.79. The number of primary amides is 1. The summed E-state index contributed by atoms with van der Waals surface area (Å²) in [7, 11) is 0. The van der Waals surface area contributed by atoms with Crippen molar-refractivity contribution >= 4 is 29.8 Å². The third-order valence-corrected chi connectivity index (χ3v) is 5.58. The van der Waals surface area contributed by atoms with Crippen molar-refractivity contribution in [3.8, 4) is 0 Å². The van der Waals surface area contributed by atoms with E-state index < -0.39 is 53.9 Å². The van der Waals surface area contributed by atoms with Gasteiger partial charge in [-0.25, -0.2) is 4.79 Å². The van der Waals surface area contributed by atoms with E-state index in [4.69, 9.17) is 15.2 Å². The molecule has 1 rings (SSSR count). The zero-order chi connectivity index (χ0) is 29.0. The summed E-state index contributed by atoms with van der Waals surface area (Å²) in [6, 6.07) is 2.97. The molecule has 0 heterocycles. The standard InChI is InChI=1S/C27H42N4O7/c1-8-15-31(25(35)20(16-21(28)32)30-26(36)38-27(5,6)7)23(19-12-10-11-17(3)18(19)4)24(34)29-14-13-22(33)37-9-2/h10-12,20,23H,8-9,13-16H2,1-7H3,(H2,28,32)(H,29,34)(H,30,36). The molecule has 0 aliphatic carbocycles. The van der Waals surface area contributed by atoms with Gasteiger partial charge in [-0.3, -0.25) is 19.2 Å². The number of esters is 1. The molecule has 11 heteroatoms. The van der Waals surface area contributed by atoms with E-state index in [2.05, 4.69) is 10.6 Å². The summed E-state index contributed by atoms with van der Waals surface area (Å²) in [6.07, 6.45) is -0.928. The number of hydrogen-bond donors (Lipinski definition) is 3. The molecule has 1 aromatic carbocycles. The number of aryl methyl sites for hydroxylation is 1. The number of nitrogens with two attached hydrogens (primary N) is 1. The molecule has 1 aromatic rings. The second-order valence-electron chi connectivity index (χ2n) is 9.94. The van der Waals surface area contributed by atoms with E-state index in [1.807, 2.05) is 26.8 Å². The minimum atomic E-state index is -1.35.